The molecule has 2 heterocycles. The first-order valence-electron chi connectivity index (χ1n) is 3.99. The lowest BCUT2D eigenvalue weighted by Crippen LogP contribution is -1.85. The van der Waals surface area contributed by atoms with E-state index >= 15 is 0 Å². The molecule has 0 amide bonds. The molecule has 0 bridgehead atoms. The molecule has 0 unspecified atom stereocenters. The Morgan fingerprint density at radius 2 is 1.86 bits per heavy atom. The van der Waals surface area contributed by atoms with E-state index in [9.17, 15) is 4.39 Å². The fourth-order valence-corrected chi connectivity index (χ4v) is 1.30. The van der Waals surface area contributed by atoms with Crippen molar-refractivity contribution < 1.29 is 4.39 Å². The van der Waals surface area contributed by atoms with Crippen molar-refractivity contribution in [2.45, 2.75) is 0 Å². The molecule has 2 aromatic heterocycles. The minimum absolute atomic E-state index is 0.317. The molecule has 0 aliphatic carbocycles. The average Bonchev–Trinajstić information content (AvgIpc) is 2.18. The molecular weight excluding hydrogens is 203 g/mol. The summed E-state index contributed by atoms with van der Waals surface area (Å²) in [4.78, 5) is 7.86. The third-order valence-electron chi connectivity index (χ3n) is 1.74. The SMILES string of the molecule is Fc1ccnc(-c2ccnc(Cl)c2)c1. The van der Waals surface area contributed by atoms with Gasteiger partial charge in [0.15, 0.2) is 0 Å². The minimum atomic E-state index is -0.317. The summed E-state index contributed by atoms with van der Waals surface area (Å²) in [6.07, 6.45) is 2.98. The average molecular weight is 209 g/mol. The third kappa shape index (κ3) is 1.88. The zero-order chi connectivity index (χ0) is 9.97. The van der Waals surface area contributed by atoms with Crippen molar-refractivity contribution in [2.75, 3.05) is 0 Å². The van der Waals surface area contributed by atoms with Gasteiger partial charge in [0.1, 0.15) is 11.0 Å². The highest BCUT2D eigenvalue weighted by Crippen LogP contribution is 2.19. The molecule has 2 rings (SSSR count). The number of rotatable bonds is 1. The summed E-state index contributed by atoms with van der Waals surface area (Å²) in [6, 6.07) is 6.02. The second kappa shape index (κ2) is 3.72. The molecule has 0 atom stereocenters. The Morgan fingerprint density at radius 3 is 2.57 bits per heavy atom. The van der Waals surface area contributed by atoms with Crippen LogP contribution in [-0.2, 0) is 0 Å². The van der Waals surface area contributed by atoms with Crippen LogP contribution in [0.1, 0.15) is 0 Å². The van der Waals surface area contributed by atoms with Crippen LogP contribution >= 0.6 is 11.6 Å². The number of nitrogens with zero attached hydrogens (tertiary/aromatic N) is 2. The molecule has 0 aromatic carbocycles. The number of halogens is 2. The van der Waals surface area contributed by atoms with Crippen LogP contribution in [-0.4, -0.2) is 9.97 Å². The van der Waals surface area contributed by atoms with Crippen LogP contribution in [0, 0.1) is 5.82 Å². The van der Waals surface area contributed by atoms with Crippen molar-refractivity contribution in [1.29, 1.82) is 0 Å². The van der Waals surface area contributed by atoms with Crippen LogP contribution in [0.2, 0.25) is 5.15 Å². The molecular formula is C10H6ClFN2. The summed E-state index contributed by atoms with van der Waals surface area (Å²) in [6.45, 7) is 0. The van der Waals surface area contributed by atoms with Crippen molar-refractivity contribution in [3.63, 3.8) is 0 Å². The molecule has 0 radical (unpaired) electrons. The van der Waals surface area contributed by atoms with Crippen LogP contribution in [0.4, 0.5) is 4.39 Å². The van der Waals surface area contributed by atoms with Gasteiger partial charge in [0.25, 0.3) is 0 Å². The Labute approximate surface area is 85.4 Å². The lowest BCUT2D eigenvalue weighted by molar-refractivity contribution is 0.626. The highest BCUT2D eigenvalue weighted by molar-refractivity contribution is 6.29. The summed E-state index contributed by atoms with van der Waals surface area (Å²) < 4.78 is 12.9. The largest absolute Gasteiger partial charge is 0.256 e. The lowest BCUT2D eigenvalue weighted by Gasteiger charge is -1.99. The van der Waals surface area contributed by atoms with Gasteiger partial charge >= 0.3 is 0 Å². The van der Waals surface area contributed by atoms with Crippen LogP contribution < -0.4 is 0 Å². The lowest BCUT2D eigenvalue weighted by atomic mass is 10.2. The van der Waals surface area contributed by atoms with E-state index in [0.29, 0.717) is 10.8 Å². The van der Waals surface area contributed by atoms with E-state index < -0.39 is 0 Å². The smallest absolute Gasteiger partial charge is 0.129 e. The van der Waals surface area contributed by atoms with Gasteiger partial charge in [-0.1, -0.05) is 11.6 Å². The van der Waals surface area contributed by atoms with E-state index in [2.05, 4.69) is 9.97 Å². The first-order chi connectivity index (χ1) is 6.75. The predicted octanol–water partition coefficient (Wildman–Crippen LogP) is 2.94. The fraction of sp³-hybridized carbons (Fsp3) is 0. The van der Waals surface area contributed by atoms with Gasteiger partial charge in [-0.25, -0.2) is 9.37 Å². The van der Waals surface area contributed by atoms with Gasteiger partial charge in [-0.15, -0.1) is 0 Å². The second-order valence-corrected chi connectivity index (χ2v) is 3.11. The van der Waals surface area contributed by atoms with Gasteiger partial charge in [0.05, 0.1) is 5.69 Å². The van der Waals surface area contributed by atoms with Crippen molar-refractivity contribution in [3.8, 4) is 11.3 Å². The van der Waals surface area contributed by atoms with Gasteiger partial charge < -0.3 is 0 Å². The standard InChI is InChI=1S/C10H6ClFN2/c11-10-5-7(1-3-14-10)9-6-8(12)2-4-13-9/h1-6H. The van der Waals surface area contributed by atoms with Gasteiger partial charge in [-0.3, -0.25) is 4.98 Å². The van der Waals surface area contributed by atoms with E-state index in [1.54, 1.807) is 18.3 Å². The van der Waals surface area contributed by atoms with Crippen molar-refractivity contribution in [2.24, 2.45) is 0 Å². The maximum atomic E-state index is 12.9. The predicted molar refractivity (Wildman–Crippen MR) is 52.4 cm³/mol. The van der Waals surface area contributed by atoms with E-state index in [0.717, 1.165) is 5.56 Å². The van der Waals surface area contributed by atoms with Crippen LogP contribution in [0.3, 0.4) is 0 Å². The Bertz CT molecular complexity index is 416. The van der Waals surface area contributed by atoms with E-state index in [1.807, 2.05) is 0 Å². The first-order valence-corrected chi connectivity index (χ1v) is 4.37. The summed E-state index contributed by atoms with van der Waals surface area (Å²) in [7, 11) is 0. The van der Waals surface area contributed by atoms with Crippen molar-refractivity contribution in [3.05, 3.63) is 47.6 Å². The van der Waals surface area contributed by atoms with Crippen LogP contribution in [0.5, 0.6) is 0 Å². The maximum absolute atomic E-state index is 12.9. The second-order valence-electron chi connectivity index (χ2n) is 2.73. The van der Waals surface area contributed by atoms with Gasteiger partial charge in [-0.05, 0) is 18.2 Å². The number of hydrogen-bond acceptors (Lipinski definition) is 2. The topological polar surface area (TPSA) is 25.8 Å². The molecule has 2 nitrogen and oxygen atoms in total. The molecule has 0 spiro atoms. The Morgan fingerprint density at radius 1 is 1.07 bits per heavy atom. The molecule has 0 fully saturated rings. The quantitative estimate of drug-likeness (QED) is 0.674. The molecule has 0 saturated carbocycles. The van der Waals surface area contributed by atoms with E-state index in [-0.39, 0.29) is 5.82 Å². The summed E-state index contributed by atoms with van der Waals surface area (Å²) in [5.74, 6) is -0.317. The number of hydrogen-bond donors (Lipinski definition) is 0. The molecule has 0 aliphatic heterocycles. The highest BCUT2D eigenvalue weighted by Gasteiger charge is 2.01. The Balaban J connectivity index is 2.49. The van der Waals surface area contributed by atoms with Crippen LogP contribution in [0.15, 0.2) is 36.7 Å². The van der Waals surface area contributed by atoms with Gasteiger partial charge in [0, 0.05) is 24.0 Å². The monoisotopic (exact) mass is 208 g/mol. The maximum Gasteiger partial charge on any atom is 0.129 e. The summed E-state index contributed by atoms with van der Waals surface area (Å²) in [5, 5.41) is 0.369. The molecule has 0 N–H and O–H groups in total. The Hall–Kier alpha value is -1.48. The van der Waals surface area contributed by atoms with E-state index in [1.165, 1.54) is 18.3 Å². The first kappa shape index (κ1) is 9.09. The molecule has 2 aromatic rings. The normalized spacial score (nSPS) is 10.1. The zero-order valence-corrected chi connectivity index (χ0v) is 7.87. The van der Waals surface area contributed by atoms with Crippen molar-refractivity contribution in [1.82, 2.24) is 9.97 Å². The van der Waals surface area contributed by atoms with Crippen LogP contribution in [0.25, 0.3) is 11.3 Å². The molecule has 70 valence electrons. The van der Waals surface area contributed by atoms with E-state index in [4.69, 9.17) is 11.6 Å². The molecule has 4 heteroatoms. The molecule has 0 aliphatic rings. The van der Waals surface area contributed by atoms with Gasteiger partial charge in [-0.2, -0.15) is 0 Å². The Kier molecular flexibility index (Phi) is 2.41. The summed E-state index contributed by atoms with van der Waals surface area (Å²) in [5.41, 5.74) is 1.30. The number of pyridine rings is 2. The summed E-state index contributed by atoms with van der Waals surface area (Å²) >= 11 is 5.70. The number of aromatic nitrogens is 2. The molecule has 0 saturated heterocycles. The fourth-order valence-electron chi connectivity index (χ4n) is 1.12. The van der Waals surface area contributed by atoms with Crippen molar-refractivity contribution >= 4 is 11.6 Å². The minimum Gasteiger partial charge on any atom is -0.256 e. The third-order valence-corrected chi connectivity index (χ3v) is 1.95. The molecule has 14 heavy (non-hydrogen) atoms. The van der Waals surface area contributed by atoms with Gasteiger partial charge in [0.2, 0.25) is 0 Å². The zero-order valence-electron chi connectivity index (χ0n) is 7.11. The highest BCUT2D eigenvalue weighted by atomic mass is 35.5.